The highest BCUT2D eigenvalue weighted by molar-refractivity contribution is 5.82. The number of rotatable bonds is 6. The minimum atomic E-state index is -0.701. The highest BCUT2D eigenvalue weighted by Crippen LogP contribution is 2.31. The van der Waals surface area contributed by atoms with Crippen molar-refractivity contribution in [2.24, 2.45) is 0 Å². The Hall–Kier alpha value is -2.55. The smallest absolute Gasteiger partial charge is 0.167 e. The number of ether oxygens (including phenoxy) is 1. The number of aliphatic hydroxyl groups excluding tert-OH is 2. The van der Waals surface area contributed by atoms with Crippen molar-refractivity contribution < 1.29 is 14.9 Å². The summed E-state index contributed by atoms with van der Waals surface area (Å²) in [6.07, 6.45) is 2.70. The second-order valence-corrected chi connectivity index (χ2v) is 6.32. The van der Waals surface area contributed by atoms with Crippen molar-refractivity contribution in [1.82, 2.24) is 19.5 Å². The van der Waals surface area contributed by atoms with Gasteiger partial charge in [-0.3, -0.25) is 4.57 Å². The van der Waals surface area contributed by atoms with Gasteiger partial charge in [0.25, 0.3) is 0 Å². The Morgan fingerprint density at radius 1 is 1.19 bits per heavy atom. The third-order valence-electron chi connectivity index (χ3n) is 4.60. The maximum absolute atomic E-state index is 9.95. The van der Waals surface area contributed by atoms with Gasteiger partial charge in [0.05, 0.1) is 19.0 Å². The van der Waals surface area contributed by atoms with Crippen molar-refractivity contribution in [2.45, 2.75) is 31.3 Å². The van der Waals surface area contributed by atoms with E-state index in [2.05, 4.69) is 32.4 Å². The second-order valence-electron chi connectivity index (χ2n) is 6.32. The molecule has 0 saturated carbocycles. The van der Waals surface area contributed by atoms with Crippen LogP contribution in [0.3, 0.4) is 0 Å². The Bertz CT molecular complexity index is 870. The van der Waals surface area contributed by atoms with Crippen molar-refractivity contribution in [1.29, 1.82) is 0 Å². The van der Waals surface area contributed by atoms with Crippen molar-refractivity contribution in [3.63, 3.8) is 0 Å². The van der Waals surface area contributed by atoms with Gasteiger partial charge in [-0.05, 0) is 12.0 Å². The van der Waals surface area contributed by atoms with Crippen molar-refractivity contribution in [2.75, 3.05) is 18.5 Å². The van der Waals surface area contributed by atoms with Crippen LogP contribution in [0, 0.1) is 0 Å². The van der Waals surface area contributed by atoms with Crippen molar-refractivity contribution in [3.05, 3.63) is 48.5 Å². The number of fused-ring (bicyclic) bond motifs is 1. The SMILES string of the molecule is OC[C@H]1O[C@@H](n2cnc3c(NCCc4ccccc4)ncnc32)C[C@@H]1O. The zero-order valence-electron chi connectivity index (χ0n) is 14.2. The molecule has 3 atom stereocenters. The van der Waals surface area contributed by atoms with Crippen LogP contribution in [0.15, 0.2) is 43.0 Å². The number of hydrogen-bond donors (Lipinski definition) is 3. The number of aromatic nitrogens is 4. The third kappa shape index (κ3) is 3.26. The van der Waals surface area contributed by atoms with E-state index >= 15 is 0 Å². The summed E-state index contributed by atoms with van der Waals surface area (Å²) in [5, 5.41) is 22.5. The average molecular weight is 355 g/mol. The molecule has 8 nitrogen and oxygen atoms in total. The largest absolute Gasteiger partial charge is 0.394 e. The Labute approximate surface area is 150 Å². The lowest BCUT2D eigenvalue weighted by Gasteiger charge is -2.13. The number of hydrogen-bond acceptors (Lipinski definition) is 7. The molecule has 0 amide bonds. The van der Waals surface area contributed by atoms with E-state index in [1.54, 1.807) is 10.9 Å². The van der Waals surface area contributed by atoms with Gasteiger partial charge in [0.1, 0.15) is 18.7 Å². The number of benzene rings is 1. The zero-order valence-corrected chi connectivity index (χ0v) is 14.2. The van der Waals surface area contributed by atoms with Gasteiger partial charge < -0.3 is 20.3 Å². The van der Waals surface area contributed by atoms with Crippen LogP contribution in [0.1, 0.15) is 18.2 Å². The van der Waals surface area contributed by atoms with Crippen LogP contribution in [-0.2, 0) is 11.2 Å². The van der Waals surface area contributed by atoms with Gasteiger partial charge in [-0.15, -0.1) is 0 Å². The molecule has 1 aliphatic heterocycles. The predicted molar refractivity (Wildman–Crippen MR) is 95.6 cm³/mol. The predicted octanol–water partition coefficient (Wildman–Crippen LogP) is 1.12. The molecule has 0 bridgehead atoms. The summed E-state index contributed by atoms with van der Waals surface area (Å²) in [6, 6.07) is 10.2. The van der Waals surface area contributed by atoms with E-state index in [9.17, 15) is 10.2 Å². The summed E-state index contributed by atoms with van der Waals surface area (Å²) in [7, 11) is 0. The molecule has 0 unspecified atom stereocenters. The van der Waals surface area contributed by atoms with Crippen LogP contribution in [0.2, 0.25) is 0 Å². The van der Waals surface area contributed by atoms with Gasteiger partial charge in [0, 0.05) is 13.0 Å². The molecule has 1 saturated heterocycles. The Morgan fingerprint density at radius 3 is 2.81 bits per heavy atom. The molecule has 0 radical (unpaired) electrons. The van der Waals surface area contributed by atoms with Gasteiger partial charge in [0.15, 0.2) is 17.0 Å². The maximum Gasteiger partial charge on any atom is 0.167 e. The zero-order chi connectivity index (χ0) is 17.9. The molecule has 1 fully saturated rings. The summed E-state index contributed by atoms with van der Waals surface area (Å²) in [6.45, 7) is 0.514. The molecule has 0 aliphatic carbocycles. The summed E-state index contributed by atoms with van der Waals surface area (Å²) in [4.78, 5) is 13.0. The molecule has 0 spiro atoms. The molecule has 3 N–H and O–H groups in total. The first-order valence-electron chi connectivity index (χ1n) is 8.66. The fourth-order valence-electron chi connectivity index (χ4n) is 3.21. The Balaban J connectivity index is 1.50. The average Bonchev–Trinajstić information content (AvgIpc) is 3.26. The first-order chi connectivity index (χ1) is 12.8. The number of nitrogens with zero attached hydrogens (tertiary/aromatic N) is 4. The summed E-state index contributed by atoms with van der Waals surface area (Å²) in [5.41, 5.74) is 2.54. The van der Waals surface area contributed by atoms with Gasteiger partial charge in [-0.2, -0.15) is 0 Å². The van der Waals surface area contributed by atoms with Crippen molar-refractivity contribution >= 4 is 17.0 Å². The molecule has 1 aliphatic rings. The van der Waals surface area contributed by atoms with Gasteiger partial charge >= 0.3 is 0 Å². The minimum absolute atomic E-state index is 0.217. The normalized spacial score (nSPS) is 22.8. The first kappa shape index (κ1) is 16.9. The molecule has 3 heterocycles. The highest BCUT2D eigenvalue weighted by atomic mass is 16.5. The number of anilines is 1. The van der Waals surface area contributed by atoms with E-state index < -0.39 is 18.4 Å². The van der Waals surface area contributed by atoms with E-state index in [0.717, 1.165) is 13.0 Å². The van der Waals surface area contributed by atoms with Crippen molar-refractivity contribution in [3.8, 4) is 0 Å². The van der Waals surface area contributed by atoms with Gasteiger partial charge in [-0.25, -0.2) is 15.0 Å². The summed E-state index contributed by atoms with van der Waals surface area (Å²) >= 11 is 0. The monoisotopic (exact) mass is 355 g/mol. The van der Waals surface area contributed by atoms with Crippen LogP contribution < -0.4 is 5.32 Å². The van der Waals surface area contributed by atoms with Crippen LogP contribution in [0.4, 0.5) is 5.82 Å². The first-order valence-corrected chi connectivity index (χ1v) is 8.66. The third-order valence-corrected chi connectivity index (χ3v) is 4.60. The lowest BCUT2D eigenvalue weighted by atomic mass is 10.1. The van der Waals surface area contributed by atoms with Crippen LogP contribution in [-0.4, -0.2) is 55.1 Å². The molecular formula is C18H21N5O3. The number of aliphatic hydroxyl groups is 2. The lowest BCUT2D eigenvalue weighted by molar-refractivity contribution is -0.0432. The summed E-state index contributed by atoms with van der Waals surface area (Å²) < 4.78 is 7.47. The molecule has 136 valence electrons. The number of imidazole rings is 1. The molecule has 26 heavy (non-hydrogen) atoms. The topological polar surface area (TPSA) is 105 Å². The molecule has 2 aromatic heterocycles. The minimum Gasteiger partial charge on any atom is -0.394 e. The molecule has 4 rings (SSSR count). The lowest BCUT2D eigenvalue weighted by Crippen LogP contribution is -2.24. The van der Waals surface area contributed by atoms with E-state index in [1.807, 2.05) is 18.2 Å². The van der Waals surface area contributed by atoms with E-state index in [4.69, 9.17) is 4.74 Å². The van der Waals surface area contributed by atoms with E-state index in [0.29, 0.717) is 23.4 Å². The maximum atomic E-state index is 9.95. The Morgan fingerprint density at radius 2 is 2.04 bits per heavy atom. The highest BCUT2D eigenvalue weighted by Gasteiger charge is 2.35. The van der Waals surface area contributed by atoms with Gasteiger partial charge in [-0.1, -0.05) is 30.3 Å². The molecular weight excluding hydrogens is 334 g/mol. The Kier molecular flexibility index (Phi) is 4.79. The van der Waals surface area contributed by atoms with E-state index in [-0.39, 0.29) is 6.61 Å². The van der Waals surface area contributed by atoms with E-state index in [1.165, 1.54) is 11.9 Å². The number of nitrogens with one attached hydrogen (secondary N) is 1. The molecule has 1 aromatic carbocycles. The standard InChI is InChI=1S/C18H21N5O3/c24-9-14-13(25)8-15(26-14)23-11-22-16-17(20-10-21-18(16)23)19-7-6-12-4-2-1-3-5-12/h1-5,10-11,13-15,24-25H,6-9H2,(H,19,20,21)/t13-,14+,15+/m0/s1. The molecule has 3 aromatic rings. The van der Waals surface area contributed by atoms with Crippen LogP contribution in [0.5, 0.6) is 0 Å². The van der Waals surface area contributed by atoms with Crippen LogP contribution in [0.25, 0.3) is 11.2 Å². The quantitative estimate of drug-likeness (QED) is 0.608. The molecule has 8 heteroatoms. The van der Waals surface area contributed by atoms with Gasteiger partial charge in [0.2, 0.25) is 0 Å². The van der Waals surface area contributed by atoms with Crippen LogP contribution >= 0.6 is 0 Å². The fourth-order valence-corrected chi connectivity index (χ4v) is 3.21. The summed E-state index contributed by atoms with van der Waals surface area (Å²) in [5.74, 6) is 0.668. The fraction of sp³-hybridized carbons (Fsp3) is 0.389. The second kappa shape index (κ2) is 7.36.